The van der Waals surface area contributed by atoms with Crippen LogP contribution >= 0.6 is 0 Å². The first-order valence-corrected chi connectivity index (χ1v) is 8.42. The molecule has 0 aromatic heterocycles. The number of amides is 3. The minimum absolute atomic E-state index is 0.0598. The first-order chi connectivity index (χ1) is 13.0. The molecule has 3 rings (SSSR count). The van der Waals surface area contributed by atoms with E-state index in [1.165, 1.54) is 0 Å². The van der Waals surface area contributed by atoms with E-state index in [1.807, 2.05) is 25.1 Å². The second kappa shape index (κ2) is 7.84. The zero-order valence-electron chi connectivity index (χ0n) is 14.7. The quantitative estimate of drug-likeness (QED) is 0.679. The Morgan fingerprint density at radius 1 is 1.04 bits per heavy atom. The van der Waals surface area contributed by atoms with Crippen molar-refractivity contribution in [2.45, 2.75) is 6.92 Å². The van der Waals surface area contributed by atoms with E-state index in [9.17, 15) is 14.4 Å². The van der Waals surface area contributed by atoms with Crippen LogP contribution in [0.15, 0.2) is 60.3 Å². The lowest BCUT2D eigenvalue weighted by Crippen LogP contribution is -2.34. The molecule has 27 heavy (non-hydrogen) atoms. The predicted octanol–water partition coefficient (Wildman–Crippen LogP) is 1.90. The topological polar surface area (TPSA) is 98.7 Å². The van der Waals surface area contributed by atoms with E-state index in [2.05, 4.69) is 10.6 Å². The zero-order valence-corrected chi connectivity index (χ0v) is 14.7. The molecule has 2 aromatic rings. The molecule has 0 atom stereocenters. The van der Waals surface area contributed by atoms with Gasteiger partial charge in [-0.2, -0.15) is 0 Å². The van der Waals surface area contributed by atoms with E-state index in [4.69, 9.17) is 5.11 Å². The van der Waals surface area contributed by atoms with Crippen LogP contribution in [0.1, 0.15) is 15.9 Å². The summed E-state index contributed by atoms with van der Waals surface area (Å²) in [6, 6.07) is 14.1. The standard InChI is InChI=1S/C20H19N3O4/c1-13-6-2-4-8-15(13)22-19(26)14-7-3-5-9-16(14)21-17-12-18(25)23(10-11-24)20(17)27/h2-9,12,21,24H,10-11H2,1H3,(H,22,26). The molecule has 0 saturated heterocycles. The maximum atomic E-state index is 12.7. The number of benzene rings is 2. The highest BCUT2D eigenvalue weighted by molar-refractivity contribution is 6.18. The number of nitrogens with zero attached hydrogens (tertiary/aromatic N) is 1. The van der Waals surface area contributed by atoms with E-state index in [1.54, 1.807) is 30.3 Å². The third-order valence-corrected chi connectivity index (χ3v) is 4.17. The average molecular weight is 365 g/mol. The molecule has 2 aromatic carbocycles. The van der Waals surface area contributed by atoms with Gasteiger partial charge in [-0.15, -0.1) is 0 Å². The molecule has 138 valence electrons. The lowest BCUT2D eigenvalue weighted by molar-refractivity contribution is -0.137. The highest BCUT2D eigenvalue weighted by Gasteiger charge is 2.31. The largest absolute Gasteiger partial charge is 0.395 e. The number of hydrogen-bond donors (Lipinski definition) is 3. The molecular formula is C20H19N3O4. The van der Waals surface area contributed by atoms with Gasteiger partial charge in [-0.1, -0.05) is 30.3 Å². The molecule has 0 saturated carbocycles. The average Bonchev–Trinajstić information content (AvgIpc) is 2.92. The molecule has 3 amide bonds. The lowest BCUT2D eigenvalue weighted by atomic mass is 10.1. The summed E-state index contributed by atoms with van der Waals surface area (Å²) in [5.41, 5.74) is 2.42. The Labute approximate surface area is 156 Å². The number of nitrogens with one attached hydrogen (secondary N) is 2. The summed E-state index contributed by atoms with van der Waals surface area (Å²) in [6.07, 6.45) is 1.16. The van der Waals surface area contributed by atoms with Crippen molar-refractivity contribution in [2.75, 3.05) is 23.8 Å². The summed E-state index contributed by atoms with van der Waals surface area (Å²) >= 11 is 0. The number of rotatable bonds is 6. The fourth-order valence-electron chi connectivity index (χ4n) is 2.75. The van der Waals surface area contributed by atoms with Gasteiger partial charge in [-0.05, 0) is 30.7 Å². The summed E-state index contributed by atoms with van der Waals surface area (Å²) in [4.78, 5) is 37.8. The fourth-order valence-corrected chi connectivity index (χ4v) is 2.75. The van der Waals surface area contributed by atoms with Crippen molar-refractivity contribution >= 4 is 29.1 Å². The Morgan fingerprint density at radius 2 is 1.70 bits per heavy atom. The van der Waals surface area contributed by atoms with Crippen LogP contribution < -0.4 is 10.6 Å². The van der Waals surface area contributed by atoms with Gasteiger partial charge in [-0.3, -0.25) is 19.3 Å². The number of carbonyl (C=O) groups is 3. The van der Waals surface area contributed by atoms with Gasteiger partial charge in [0, 0.05) is 11.8 Å². The van der Waals surface area contributed by atoms with Gasteiger partial charge in [0.2, 0.25) is 0 Å². The van der Waals surface area contributed by atoms with Gasteiger partial charge < -0.3 is 15.7 Å². The van der Waals surface area contributed by atoms with Crippen LogP contribution in [0.25, 0.3) is 0 Å². The highest BCUT2D eigenvalue weighted by Crippen LogP contribution is 2.22. The smallest absolute Gasteiger partial charge is 0.277 e. The molecule has 0 spiro atoms. The Morgan fingerprint density at radius 3 is 2.41 bits per heavy atom. The summed E-state index contributed by atoms with van der Waals surface area (Å²) < 4.78 is 0. The molecule has 0 aliphatic carbocycles. The number of anilines is 2. The van der Waals surface area contributed by atoms with E-state index in [0.29, 0.717) is 16.9 Å². The van der Waals surface area contributed by atoms with Crippen LogP contribution in [-0.2, 0) is 9.59 Å². The minimum Gasteiger partial charge on any atom is -0.395 e. The van der Waals surface area contributed by atoms with Crippen LogP contribution in [0, 0.1) is 6.92 Å². The van der Waals surface area contributed by atoms with Gasteiger partial charge >= 0.3 is 0 Å². The van der Waals surface area contributed by atoms with Crippen molar-refractivity contribution in [2.24, 2.45) is 0 Å². The van der Waals surface area contributed by atoms with Gasteiger partial charge in [0.1, 0.15) is 5.70 Å². The summed E-state index contributed by atoms with van der Waals surface area (Å²) in [5, 5.41) is 14.7. The first kappa shape index (κ1) is 18.3. The molecule has 1 aliphatic rings. The van der Waals surface area contributed by atoms with E-state index in [0.717, 1.165) is 16.5 Å². The predicted molar refractivity (Wildman–Crippen MR) is 101 cm³/mol. The molecule has 3 N–H and O–H groups in total. The van der Waals surface area contributed by atoms with E-state index in [-0.39, 0.29) is 24.8 Å². The van der Waals surface area contributed by atoms with Crippen molar-refractivity contribution in [3.8, 4) is 0 Å². The molecule has 7 nitrogen and oxygen atoms in total. The highest BCUT2D eigenvalue weighted by atomic mass is 16.3. The van der Waals surface area contributed by atoms with Crippen molar-refractivity contribution < 1.29 is 19.5 Å². The summed E-state index contributed by atoms with van der Waals surface area (Å²) in [5.74, 6) is -1.38. The number of hydrogen-bond acceptors (Lipinski definition) is 5. The third-order valence-electron chi connectivity index (χ3n) is 4.17. The second-order valence-electron chi connectivity index (χ2n) is 6.02. The molecular weight excluding hydrogens is 346 g/mol. The van der Waals surface area contributed by atoms with Gasteiger partial charge in [0.05, 0.1) is 24.4 Å². The number of carbonyl (C=O) groups excluding carboxylic acids is 3. The van der Waals surface area contributed by atoms with Crippen LogP contribution in [0.5, 0.6) is 0 Å². The molecule has 0 unspecified atom stereocenters. The Bertz CT molecular complexity index is 936. The molecule has 1 heterocycles. The normalized spacial score (nSPS) is 13.6. The first-order valence-electron chi connectivity index (χ1n) is 8.42. The van der Waals surface area contributed by atoms with Crippen molar-refractivity contribution in [1.29, 1.82) is 0 Å². The number of aryl methyl sites for hydroxylation is 1. The second-order valence-corrected chi connectivity index (χ2v) is 6.02. The third kappa shape index (κ3) is 3.88. The van der Waals surface area contributed by atoms with Gasteiger partial charge in [-0.25, -0.2) is 0 Å². The molecule has 0 fully saturated rings. The van der Waals surface area contributed by atoms with Crippen molar-refractivity contribution in [3.05, 3.63) is 71.4 Å². The molecule has 0 radical (unpaired) electrons. The number of imide groups is 1. The van der Waals surface area contributed by atoms with Crippen LogP contribution in [0.2, 0.25) is 0 Å². The Balaban J connectivity index is 1.82. The number of β-amino-alcohol motifs (C(OH)–C–C–N with tert-alkyl or cyclic N) is 1. The minimum atomic E-state index is -0.539. The van der Waals surface area contributed by atoms with Crippen molar-refractivity contribution in [3.63, 3.8) is 0 Å². The SMILES string of the molecule is Cc1ccccc1NC(=O)c1ccccc1NC1=CC(=O)N(CCO)C1=O. The number of aliphatic hydroxyl groups excluding tert-OH is 1. The van der Waals surface area contributed by atoms with Gasteiger partial charge in [0.25, 0.3) is 17.7 Å². The Hall–Kier alpha value is -3.45. The van der Waals surface area contributed by atoms with Crippen LogP contribution in [0.4, 0.5) is 11.4 Å². The summed E-state index contributed by atoms with van der Waals surface area (Å²) in [6.45, 7) is 1.51. The summed E-state index contributed by atoms with van der Waals surface area (Å²) in [7, 11) is 0. The number of aliphatic hydroxyl groups is 1. The van der Waals surface area contributed by atoms with Crippen LogP contribution in [-0.4, -0.2) is 40.9 Å². The van der Waals surface area contributed by atoms with Crippen molar-refractivity contribution in [1.82, 2.24) is 4.90 Å². The van der Waals surface area contributed by atoms with Crippen LogP contribution in [0.3, 0.4) is 0 Å². The van der Waals surface area contributed by atoms with Gasteiger partial charge in [0.15, 0.2) is 0 Å². The fraction of sp³-hybridized carbons (Fsp3) is 0.150. The molecule has 1 aliphatic heterocycles. The number of para-hydroxylation sites is 2. The molecule has 0 bridgehead atoms. The maximum absolute atomic E-state index is 12.7. The Kier molecular flexibility index (Phi) is 5.33. The van der Waals surface area contributed by atoms with E-state index < -0.39 is 11.8 Å². The lowest BCUT2D eigenvalue weighted by Gasteiger charge is -2.15. The zero-order chi connectivity index (χ0) is 19.4. The maximum Gasteiger partial charge on any atom is 0.277 e. The van der Waals surface area contributed by atoms with E-state index >= 15 is 0 Å². The monoisotopic (exact) mass is 365 g/mol. The molecule has 7 heteroatoms.